The fraction of sp³-hybridized carbons (Fsp3) is 0.618. The highest BCUT2D eigenvalue weighted by atomic mass is 16.7. The Balaban J connectivity index is 1.05. The van der Waals surface area contributed by atoms with E-state index in [1.165, 1.54) is 38.5 Å². The zero-order valence-electron chi connectivity index (χ0n) is 24.1. The molecule has 3 atom stereocenters. The monoisotopic (exact) mass is 559 g/mol. The molecule has 2 aliphatic heterocycles. The average Bonchev–Trinajstić information content (AvgIpc) is 2.97. The number of anilines is 1. The molecule has 8 rings (SSSR count). The van der Waals surface area contributed by atoms with Crippen molar-refractivity contribution in [1.29, 1.82) is 0 Å². The van der Waals surface area contributed by atoms with Gasteiger partial charge in [-0.2, -0.15) is 0 Å². The molecule has 7 heteroatoms. The highest BCUT2D eigenvalue weighted by molar-refractivity contribution is 5.89. The number of likely N-dealkylation sites (tertiary alicyclic amines) is 1. The Hall–Kier alpha value is -2.45. The Bertz CT molecular complexity index is 1180. The average molecular weight is 560 g/mol. The van der Waals surface area contributed by atoms with Crippen LogP contribution in [0.15, 0.2) is 48.5 Å². The second-order valence-corrected chi connectivity index (χ2v) is 13.6. The van der Waals surface area contributed by atoms with Crippen LogP contribution in [0.3, 0.4) is 0 Å². The summed E-state index contributed by atoms with van der Waals surface area (Å²) in [6.07, 6.45) is 11.5. The van der Waals surface area contributed by atoms with Crippen LogP contribution in [0.4, 0.5) is 10.5 Å². The third kappa shape index (κ3) is 6.19. The molecule has 2 saturated heterocycles. The van der Waals surface area contributed by atoms with Crippen molar-refractivity contribution in [3.05, 3.63) is 65.2 Å². The number of benzene rings is 2. The molecule has 7 nitrogen and oxygen atoms in total. The molecular weight excluding hydrogens is 514 g/mol. The number of ether oxygens (including phenoxy) is 2. The Morgan fingerprint density at radius 1 is 0.878 bits per heavy atom. The molecule has 4 saturated carbocycles. The predicted molar refractivity (Wildman–Crippen MR) is 158 cm³/mol. The van der Waals surface area contributed by atoms with Crippen molar-refractivity contribution in [3.63, 3.8) is 0 Å². The smallest absolute Gasteiger partial charge is 0.319 e. The van der Waals surface area contributed by atoms with Crippen LogP contribution in [0.25, 0.3) is 0 Å². The van der Waals surface area contributed by atoms with Crippen molar-refractivity contribution in [2.45, 2.75) is 94.9 Å². The minimum absolute atomic E-state index is 0.0213. The highest BCUT2D eigenvalue weighted by Gasteiger charge is 2.51. The number of aliphatic hydroxyl groups is 1. The molecule has 4 aliphatic carbocycles. The van der Waals surface area contributed by atoms with Crippen LogP contribution >= 0.6 is 0 Å². The molecule has 220 valence electrons. The largest absolute Gasteiger partial charge is 0.392 e. The lowest BCUT2D eigenvalue weighted by molar-refractivity contribution is -0.253. The summed E-state index contributed by atoms with van der Waals surface area (Å²) in [5.74, 6) is 2.36. The first kappa shape index (κ1) is 27.4. The lowest BCUT2D eigenvalue weighted by Crippen LogP contribution is -2.60. The molecule has 41 heavy (non-hydrogen) atoms. The van der Waals surface area contributed by atoms with E-state index in [0.717, 1.165) is 85.4 Å². The first-order valence-electron chi connectivity index (χ1n) is 15.9. The standard InChI is InChI=1S/C34H45N3O4/c38-22-23-7-9-27(10-8-23)31-17-30(21-37-11-2-1-3-12-37)40-32(41-31)28-5-4-6-29(16-28)35-33(39)36-34-18-24-13-25(19-34)15-26(14-24)20-34/h4-10,16,24-26,30-32,38H,1-3,11-15,17-22H2,(H2,35,36,39)/t24?,25?,26?,30-,31+,32+,34?/m1/s1. The SMILES string of the molecule is O=C(Nc1cccc([C@H]2O[C@@H](CN3CCCCC3)C[C@@H](c3ccc(CO)cc3)O2)c1)NC12CC3CC(CC(C3)C1)C2. The number of urea groups is 1. The van der Waals surface area contributed by atoms with E-state index in [4.69, 9.17) is 9.47 Å². The summed E-state index contributed by atoms with van der Waals surface area (Å²) >= 11 is 0. The summed E-state index contributed by atoms with van der Waals surface area (Å²) in [7, 11) is 0. The molecule has 0 unspecified atom stereocenters. The van der Waals surface area contributed by atoms with Crippen LogP contribution < -0.4 is 10.6 Å². The summed E-state index contributed by atoms with van der Waals surface area (Å²) in [5, 5.41) is 16.1. The van der Waals surface area contributed by atoms with E-state index < -0.39 is 6.29 Å². The van der Waals surface area contributed by atoms with Gasteiger partial charge in [-0.05, 0) is 105 Å². The minimum atomic E-state index is -0.519. The van der Waals surface area contributed by atoms with E-state index in [-0.39, 0.29) is 30.4 Å². The number of piperidine rings is 1. The zero-order chi connectivity index (χ0) is 27.8. The van der Waals surface area contributed by atoms with E-state index >= 15 is 0 Å². The first-order valence-corrected chi connectivity index (χ1v) is 15.9. The molecule has 0 aromatic heterocycles. The van der Waals surface area contributed by atoms with Gasteiger partial charge in [-0.15, -0.1) is 0 Å². The summed E-state index contributed by atoms with van der Waals surface area (Å²) < 4.78 is 13.2. The van der Waals surface area contributed by atoms with E-state index in [1.54, 1.807) is 0 Å². The van der Waals surface area contributed by atoms with E-state index in [1.807, 2.05) is 36.4 Å². The molecule has 6 aliphatic rings. The Kier molecular flexibility index (Phi) is 7.80. The van der Waals surface area contributed by atoms with E-state index in [0.29, 0.717) is 0 Å². The molecule has 4 bridgehead atoms. The third-order valence-electron chi connectivity index (χ3n) is 10.4. The zero-order valence-corrected chi connectivity index (χ0v) is 24.1. The maximum atomic E-state index is 13.2. The number of amides is 2. The topological polar surface area (TPSA) is 83.1 Å². The fourth-order valence-corrected chi connectivity index (χ4v) is 8.89. The Morgan fingerprint density at radius 2 is 1.59 bits per heavy atom. The number of hydrogen-bond donors (Lipinski definition) is 3. The molecule has 2 heterocycles. The summed E-state index contributed by atoms with van der Waals surface area (Å²) in [6.45, 7) is 3.18. The van der Waals surface area contributed by atoms with Crippen molar-refractivity contribution < 1.29 is 19.4 Å². The van der Waals surface area contributed by atoms with E-state index in [2.05, 4.69) is 27.7 Å². The minimum Gasteiger partial charge on any atom is -0.392 e. The van der Waals surface area contributed by atoms with Gasteiger partial charge >= 0.3 is 6.03 Å². The molecule has 6 fully saturated rings. The second-order valence-electron chi connectivity index (χ2n) is 13.6. The number of rotatable bonds is 7. The Labute approximate surface area is 244 Å². The van der Waals surface area contributed by atoms with Gasteiger partial charge in [0.15, 0.2) is 6.29 Å². The fourth-order valence-electron chi connectivity index (χ4n) is 8.89. The van der Waals surface area contributed by atoms with Crippen LogP contribution in [-0.2, 0) is 16.1 Å². The van der Waals surface area contributed by atoms with Gasteiger partial charge in [0.25, 0.3) is 0 Å². The number of hydrogen-bond acceptors (Lipinski definition) is 5. The molecule has 2 aromatic rings. The van der Waals surface area contributed by atoms with Crippen molar-refractivity contribution in [1.82, 2.24) is 10.2 Å². The van der Waals surface area contributed by atoms with Gasteiger partial charge < -0.3 is 30.1 Å². The van der Waals surface area contributed by atoms with Gasteiger partial charge in [0.1, 0.15) is 0 Å². The molecule has 2 amide bonds. The van der Waals surface area contributed by atoms with Crippen molar-refractivity contribution in [3.8, 4) is 0 Å². The lowest BCUT2D eigenvalue weighted by atomic mass is 9.53. The highest BCUT2D eigenvalue weighted by Crippen LogP contribution is 2.55. The van der Waals surface area contributed by atoms with Crippen LogP contribution in [0.1, 0.15) is 93.3 Å². The number of aliphatic hydroxyl groups excluding tert-OH is 1. The van der Waals surface area contributed by atoms with Gasteiger partial charge in [0.2, 0.25) is 0 Å². The van der Waals surface area contributed by atoms with Crippen LogP contribution in [-0.4, -0.2) is 47.3 Å². The summed E-state index contributed by atoms with van der Waals surface area (Å²) in [4.78, 5) is 15.8. The van der Waals surface area contributed by atoms with Gasteiger partial charge in [-0.1, -0.05) is 42.8 Å². The van der Waals surface area contributed by atoms with Gasteiger partial charge in [0.05, 0.1) is 18.8 Å². The normalized spacial score (nSPS) is 34.9. The van der Waals surface area contributed by atoms with Crippen molar-refractivity contribution in [2.75, 3.05) is 25.0 Å². The van der Waals surface area contributed by atoms with Gasteiger partial charge in [0, 0.05) is 29.8 Å². The van der Waals surface area contributed by atoms with E-state index in [9.17, 15) is 9.90 Å². The van der Waals surface area contributed by atoms with Crippen LogP contribution in [0, 0.1) is 17.8 Å². The third-order valence-corrected chi connectivity index (χ3v) is 10.4. The maximum Gasteiger partial charge on any atom is 0.319 e. The lowest BCUT2D eigenvalue weighted by Gasteiger charge is -2.56. The molecular formula is C34H45N3O4. The Morgan fingerprint density at radius 3 is 2.27 bits per heavy atom. The van der Waals surface area contributed by atoms with Gasteiger partial charge in [-0.3, -0.25) is 0 Å². The molecule has 0 radical (unpaired) electrons. The van der Waals surface area contributed by atoms with Crippen LogP contribution in [0.5, 0.6) is 0 Å². The summed E-state index contributed by atoms with van der Waals surface area (Å²) in [5.41, 5.74) is 3.65. The predicted octanol–water partition coefficient (Wildman–Crippen LogP) is 6.30. The van der Waals surface area contributed by atoms with Gasteiger partial charge in [-0.25, -0.2) is 4.79 Å². The van der Waals surface area contributed by atoms with Crippen molar-refractivity contribution >= 4 is 11.7 Å². The number of carbonyl (C=O) groups excluding carboxylic acids is 1. The maximum absolute atomic E-state index is 13.2. The molecule has 3 N–H and O–H groups in total. The molecule has 0 spiro atoms. The summed E-state index contributed by atoms with van der Waals surface area (Å²) in [6, 6.07) is 15.9. The first-order chi connectivity index (χ1) is 20.0. The van der Waals surface area contributed by atoms with Crippen LogP contribution in [0.2, 0.25) is 0 Å². The number of carbonyl (C=O) groups is 1. The quantitative estimate of drug-likeness (QED) is 0.371. The number of nitrogens with one attached hydrogen (secondary N) is 2. The second kappa shape index (κ2) is 11.7. The van der Waals surface area contributed by atoms with Crippen molar-refractivity contribution in [2.24, 2.45) is 17.8 Å². The number of nitrogens with zero attached hydrogens (tertiary/aromatic N) is 1. The molecule has 2 aromatic carbocycles.